The molecule has 0 atom stereocenters. The quantitative estimate of drug-likeness (QED) is 0.542. The van der Waals surface area contributed by atoms with E-state index in [9.17, 15) is 4.57 Å². The highest BCUT2D eigenvalue weighted by atomic mass is 35.6. The molecule has 0 rings (SSSR count). The van der Waals surface area contributed by atoms with Gasteiger partial charge in [-0.05, 0) is 12.3 Å². The molecule has 0 fully saturated rings. The zero-order valence-electron chi connectivity index (χ0n) is 7.32. The van der Waals surface area contributed by atoms with Gasteiger partial charge in [0.15, 0.2) is 3.79 Å². The van der Waals surface area contributed by atoms with Gasteiger partial charge in [-0.25, -0.2) is 0 Å². The van der Waals surface area contributed by atoms with Crippen LogP contribution in [0.2, 0.25) is 0 Å². The third-order valence-corrected chi connectivity index (χ3v) is 5.87. The molecule has 0 bridgehead atoms. The molecule has 0 unspecified atom stereocenters. The summed E-state index contributed by atoms with van der Waals surface area (Å²) in [7, 11) is -2.03. The van der Waals surface area contributed by atoms with Gasteiger partial charge in [0.25, 0.3) is 0 Å². The molecule has 0 N–H and O–H groups in total. The Morgan fingerprint density at radius 3 is 1.83 bits per heavy atom. The second-order valence-corrected chi connectivity index (χ2v) is 9.12. The molecule has 0 amide bonds. The lowest BCUT2D eigenvalue weighted by Gasteiger charge is -2.17. The molecule has 0 aromatic carbocycles. The third-order valence-electron chi connectivity index (χ3n) is 1.96. The zero-order valence-corrected chi connectivity index (χ0v) is 10.5. The molecule has 74 valence electrons. The maximum absolute atomic E-state index is 11.8. The highest BCUT2D eigenvalue weighted by Crippen LogP contribution is 2.48. The van der Waals surface area contributed by atoms with Gasteiger partial charge in [-0.1, -0.05) is 48.7 Å². The van der Waals surface area contributed by atoms with E-state index in [1.807, 2.05) is 13.8 Å². The predicted octanol–water partition coefficient (Wildman–Crippen LogP) is 4.15. The summed E-state index contributed by atoms with van der Waals surface area (Å²) in [6.45, 7) is 3.84. The molecule has 0 saturated carbocycles. The van der Waals surface area contributed by atoms with E-state index in [4.69, 9.17) is 34.8 Å². The van der Waals surface area contributed by atoms with Crippen LogP contribution < -0.4 is 0 Å². The minimum Gasteiger partial charge on any atom is -0.324 e. The Balaban J connectivity index is 3.99. The molecule has 0 spiro atoms. The predicted molar refractivity (Wildman–Crippen MR) is 58.5 cm³/mol. The van der Waals surface area contributed by atoms with Crippen molar-refractivity contribution >= 4 is 41.9 Å². The molecule has 12 heavy (non-hydrogen) atoms. The van der Waals surface area contributed by atoms with E-state index in [-0.39, 0.29) is 0 Å². The summed E-state index contributed by atoms with van der Waals surface area (Å²) in [5, 5.41) is 0. The van der Waals surface area contributed by atoms with E-state index in [0.29, 0.717) is 24.9 Å². The van der Waals surface area contributed by atoms with E-state index in [1.54, 1.807) is 0 Å². The highest BCUT2D eigenvalue weighted by Gasteiger charge is 2.25. The first-order chi connectivity index (χ1) is 5.33. The molecule has 0 radical (unpaired) electrons. The van der Waals surface area contributed by atoms with Crippen LogP contribution in [0.4, 0.5) is 0 Å². The van der Waals surface area contributed by atoms with Gasteiger partial charge in [-0.2, -0.15) is 0 Å². The molecule has 0 heterocycles. The molecule has 0 saturated heterocycles. The fraction of sp³-hybridized carbons (Fsp3) is 1.00. The third kappa shape index (κ3) is 5.70. The van der Waals surface area contributed by atoms with Crippen molar-refractivity contribution in [3.63, 3.8) is 0 Å². The maximum Gasteiger partial charge on any atom is 0.191 e. The van der Waals surface area contributed by atoms with E-state index in [2.05, 4.69) is 0 Å². The summed E-state index contributed by atoms with van der Waals surface area (Å²) in [6, 6.07) is 0. The van der Waals surface area contributed by atoms with Gasteiger partial charge in [-0.15, -0.1) is 0 Å². The SMILES string of the molecule is CCP(=O)(CC)CCC(Cl)(Cl)Cl. The van der Waals surface area contributed by atoms with E-state index < -0.39 is 10.9 Å². The standard InChI is InChI=1S/C7H14Cl3OP/c1-3-12(11,4-2)6-5-7(8,9)10/h3-6H2,1-2H3. The monoisotopic (exact) mass is 250 g/mol. The van der Waals surface area contributed by atoms with Crippen molar-refractivity contribution in [1.29, 1.82) is 0 Å². The Kier molecular flexibility index (Phi) is 5.57. The van der Waals surface area contributed by atoms with Gasteiger partial charge in [0.2, 0.25) is 0 Å². The largest absolute Gasteiger partial charge is 0.324 e. The number of halogens is 3. The Morgan fingerprint density at radius 2 is 1.58 bits per heavy atom. The molecule has 0 aliphatic heterocycles. The van der Waals surface area contributed by atoms with Crippen molar-refractivity contribution in [2.24, 2.45) is 0 Å². The Hall–Kier alpha value is 1.10. The van der Waals surface area contributed by atoms with Gasteiger partial charge in [0, 0.05) is 12.6 Å². The average molecular weight is 252 g/mol. The lowest BCUT2D eigenvalue weighted by atomic mass is 10.6. The number of hydrogen-bond acceptors (Lipinski definition) is 1. The molecular weight excluding hydrogens is 237 g/mol. The first kappa shape index (κ1) is 13.1. The summed E-state index contributed by atoms with van der Waals surface area (Å²) in [4.78, 5) is 0. The van der Waals surface area contributed by atoms with Gasteiger partial charge in [0.1, 0.15) is 0 Å². The van der Waals surface area contributed by atoms with E-state index in [1.165, 1.54) is 0 Å². The van der Waals surface area contributed by atoms with Crippen LogP contribution in [0, 0.1) is 0 Å². The second kappa shape index (κ2) is 5.10. The summed E-state index contributed by atoms with van der Waals surface area (Å²) < 4.78 is 10.6. The fourth-order valence-electron chi connectivity index (χ4n) is 0.870. The summed E-state index contributed by atoms with van der Waals surface area (Å²) >= 11 is 16.7. The van der Waals surface area contributed by atoms with Crippen LogP contribution in [0.3, 0.4) is 0 Å². The molecular formula is C7H14Cl3OP. The fourth-order valence-corrected chi connectivity index (χ4v) is 3.37. The van der Waals surface area contributed by atoms with Crippen LogP contribution in [0.15, 0.2) is 0 Å². The van der Waals surface area contributed by atoms with Crippen molar-refractivity contribution in [1.82, 2.24) is 0 Å². The Labute approximate surface area is 89.1 Å². The van der Waals surface area contributed by atoms with Crippen molar-refractivity contribution in [3.05, 3.63) is 0 Å². The zero-order chi connectivity index (χ0) is 9.83. The molecule has 0 aromatic heterocycles. The van der Waals surface area contributed by atoms with Crippen LogP contribution >= 0.6 is 41.9 Å². The van der Waals surface area contributed by atoms with Crippen LogP contribution in [-0.4, -0.2) is 22.3 Å². The van der Waals surface area contributed by atoms with Gasteiger partial charge < -0.3 is 4.57 Å². The molecule has 0 aromatic rings. The normalized spacial score (nSPS) is 13.4. The highest BCUT2D eigenvalue weighted by molar-refractivity contribution is 7.63. The van der Waals surface area contributed by atoms with Gasteiger partial charge >= 0.3 is 0 Å². The van der Waals surface area contributed by atoms with Crippen molar-refractivity contribution in [2.75, 3.05) is 18.5 Å². The molecule has 0 aliphatic carbocycles. The van der Waals surface area contributed by atoms with Crippen LogP contribution in [-0.2, 0) is 4.57 Å². The molecule has 0 aliphatic rings. The van der Waals surface area contributed by atoms with Gasteiger partial charge in [0.05, 0.1) is 7.14 Å². The van der Waals surface area contributed by atoms with E-state index in [0.717, 1.165) is 0 Å². The van der Waals surface area contributed by atoms with Crippen LogP contribution in [0.5, 0.6) is 0 Å². The van der Waals surface area contributed by atoms with Crippen molar-refractivity contribution in [3.8, 4) is 0 Å². The second-order valence-electron chi connectivity index (χ2n) is 2.78. The lowest BCUT2D eigenvalue weighted by Crippen LogP contribution is -2.07. The first-order valence-electron chi connectivity index (χ1n) is 3.97. The van der Waals surface area contributed by atoms with Gasteiger partial charge in [-0.3, -0.25) is 0 Å². The van der Waals surface area contributed by atoms with Crippen LogP contribution in [0.1, 0.15) is 20.3 Å². The summed E-state index contributed by atoms with van der Waals surface area (Å²) in [5.74, 6) is 0. The smallest absolute Gasteiger partial charge is 0.191 e. The Bertz CT molecular complexity index is 168. The first-order valence-corrected chi connectivity index (χ1v) is 7.36. The average Bonchev–Trinajstić information content (AvgIpc) is 1.99. The van der Waals surface area contributed by atoms with Crippen LogP contribution in [0.25, 0.3) is 0 Å². The van der Waals surface area contributed by atoms with E-state index >= 15 is 0 Å². The van der Waals surface area contributed by atoms with Crippen molar-refractivity contribution in [2.45, 2.75) is 24.1 Å². The maximum atomic E-state index is 11.8. The number of rotatable bonds is 4. The molecule has 5 heteroatoms. The minimum absolute atomic E-state index is 0.386. The van der Waals surface area contributed by atoms with Crippen molar-refractivity contribution < 1.29 is 4.57 Å². The number of alkyl halides is 3. The molecule has 1 nitrogen and oxygen atoms in total. The topological polar surface area (TPSA) is 17.1 Å². The summed E-state index contributed by atoms with van der Waals surface area (Å²) in [6.07, 6.45) is 2.32. The summed E-state index contributed by atoms with van der Waals surface area (Å²) in [5.41, 5.74) is 0. The minimum atomic E-state index is -2.03. The number of hydrogen-bond donors (Lipinski definition) is 0. The lowest BCUT2D eigenvalue weighted by molar-refractivity contribution is 0.574. The Morgan fingerprint density at radius 1 is 1.17 bits per heavy atom.